The Morgan fingerprint density at radius 2 is 2.33 bits per heavy atom. The first-order valence-corrected chi connectivity index (χ1v) is 7.55. The third-order valence-electron chi connectivity index (χ3n) is 3.71. The standard InChI is InChI=1S/C14H22N6O/c1-3-15-14-18-12-11(16-9-17-12)13(19-14)20(2)8-10-6-4-5-7-21-10/h9-10H,3-8H2,1-2H3,(H2,15,16,17,18,19). The fourth-order valence-electron chi connectivity index (χ4n) is 2.67. The summed E-state index contributed by atoms with van der Waals surface area (Å²) in [6.45, 7) is 4.50. The summed E-state index contributed by atoms with van der Waals surface area (Å²) >= 11 is 0. The maximum atomic E-state index is 5.81. The van der Waals surface area contributed by atoms with Crippen molar-refractivity contribution < 1.29 is 4.74 Å². The number of ether oxygens (including phenoxy) is 1. The molecule has 1 saturated heterocycles. The van der Waals surface area contributed by atoms with Gasteiger partial charge in [0.2, 0.25) is 5.95 Å². The lowest BCUT2D eigenvalue weighted by atomic mass is 10.1. The van der Waals surface area contributed by atoms with Gasteiger partial charge < -0.3 is 19.9 Å². The van der Waals surface area contributed by atoms with Crippen LogP contribution in [0.1, 0.15) is 26.2 Å². The van der Waals surface area contributed by atoms with E-state index < -0.39 is 0 Å². The topological polar surface area (TPSA) is 79.0 Å². The van der Waals surface area contributed by atoms with E-state index in [1.54, 1.807) is 6.33 Å². The van der Waals surface area contributed by atoms with Gasteiger partial charge in [-0.25, -0.2) is 4.98 Å². The molecule has 1 aliphatic rings. The van der Waals surface area contributed by atoms with Crippen molar-refractivity contribution in [3.63, 3.8) is 0 Å². The molecule has 0 amide bonds. The molecular formula is C14H22N6O. The molecule has 2 aromatic heterocycles. The number of likely N-dealkylation sites (N-methyl/N-ethyl adjacent to an activating group) is 1. The van der Waals surface area contributed by atoms with E-state index in [2.05, 4.69) is 30.2 Å². The first-order valence-electron chi connectivity index (χ1n) is 7.55. The van der Waals surface area contributed by atoms with E-state index in [4.69, 9.17) is 4.74 Å². The van der Waals surface area contributed by atoms with E-state index in [9.17, 15) is 0 Å². The third kappa shape index (κ3) is 3.07. The smallest absolute Gasteiger partial charge is 0.226 e. The quantitative estimate of drug-likeness (QED) is 0.874. The molecule has 1 atom stereocenters. The van der Waals surface area contributed by atoms with Crippen LogP contribution in [-0.4, -0.2) is 52.8 Å². The highest BCUT2D eigenvalue weighted by atomic mass is 16.5. The molecule has 7 nitrogen and oxygen atoms in total. The minimum atomic E-state index is 0.277. The Bertz CT molecular complexity index is 592. The van der Waals surface area contributed by atoms with E-state index in [1.165, 1.54) is 12.8 Å². The van der Waals surface area contributed by atoms with Crippen LogP contribution in [0, 0.1) is 0 Å². The molecule has 0 spiro atoms. The molecule has 0 bridgehead atoms. The minimum absolute atomic E-state index is 0.277. The summed E-state index contributed by atoms with van der Waals surface area (Å²) in [5, 5.41) is 3.15. The zero-order valence-electron chi connectivity index (χ0n) is 12.6. The highest BCUT2D eigenvalue weighted by molar-refractivity contribution is 5.84. The fraction of sp³-hybridized carbons (Fsp3) is 0.643. The van der Waals surface area contributed by atoms with Gasteiger partial charge in [0.25, 0.3) is 0 Å². The molecular weight excluding hydrogens is 268 g/mol. The first kappa shape index (κ1) is 14.1. The summed E-state index contributed by atoms with van der Waals surface area (Å²) in [4.78, 5) is 18.5. The van der Waals surface area contributed by atoms with Gasteiger partial charge in [0, 0.05) is 26.7 Å². The maximum absolute atomic E-state index is 5.81. The van der Waals surface area contributed by atoms with Gasteiger partial charge in [-0.1, -0.05) is 0 Å². The summed E-state index contributed by atoms with van der Waals surface area (Å²) < 4.78 is 5.81. The largest absolute Gasteiger partial charge is 0.376 e. The van der Waals surface area contributed by atoms with Crippen LogP contribution in [0.2, 0.25) is 0 Å². The van der Waals surface area contributed by atoms with Crippen LogP contribution in [-0.2, 0) is 4.74 Å². The second-order valence-corrected chi connectivity index (χ2v) is 5.37. The second kappa shape index (κ2) is 6.26. The number of anilines is 2. The second-order valence-electron chi connectivity index (χ2n) is 5.37. The number of hydrogen-bond donors (Lipinski definition) is 2. The average Bonchev–Trinajstić information content (AvgIpc) is 2.96. The molecule has 1 aliphatic heterocycles. The van der Waals surface area contributed by atoms with Crippen LogP contribution in [0.15, 0.2) is 6.33 Å². The number of imidazole rings is 1. The normalized spacial score (nSPS) is 18.9. The number of fused-ring (bicyclic) bond motifs is 1. The highest BCUT2D eigenvalue weighted by Gasteiger charge is 2.19. The molecule has 0 aliphatic carbocycles. The van der Waals surface area contributed by atoms with Crippen LogP contribution >= 0.6 is 0 Å². The maximum Gasteiger partial charge on any atom is 0.226 e. The van der Waals surface area contributed by atoms with Crippen molar-refractivity contribution in [1.29, 1.82) is 0 Å². The Morgan fingerprint density at radius 1 is 1.43 bits per heavy atom. The summed E-state index contributed by atoms with van der Waals surface area (Å²) in [6.07, 6.45) is 5.46. The molecule has 0 aromatic carbocycles. The monoisotopic (exact) mass is 290 g/mol. The molecule has 21 heavy (non-hydrogen) atoms. The molecule has 3 heterocycles. The van der Waals surface area contributed by atoms with Crippen LogP contribution in [0.4, 0.5) is 11.8 Å². The van der Waals surface area contributed by atoms with E-state index in [1.807, 2.05) is 14.0 Å². The Kier molecular flexibility index (Phi) is 4.19. The van der Waals surface area contributed by atoms with Gasteiger partial charge in [0.1, 0.15) is 5.52 Å². The Labute approximate surface area is 124 Å². The van der Waals surface area contributed by atoms with Gasteiger partial charge in [0.05, 0.1) is 12.4 Å². The number of nitrogens with zero attached hydrogens (tertiary/aromatic N) is 4. The van der Waals surface area contributed by atoms with Crippen molar-refractivity contribution in [2.45, 2.75) is 32.3 Å². The molecule has 2 aromatic rings. The lowest BCUT2D eigenvalue weighted by Gasteiger charge is -2.28. The fourth-order valence-corrected chi connectivity index (χ4v) is 2.67. The number of rotatable bonds is 5. The summed E-state index contributed by atoms with van der Waals surface area (Å²) in [6, 6.07) is 0. The predicted octanol–water partition coefficient (Wildman–Crippen LogP) is 1.79. The number of aromatic amines is 1. The lowest BCUT2D eigenvalue weighted by Crippen LogP contribution is -2.34. The van der Waals surface area contributed by atoms with E-state index in [0.29, 0.717) is 11.6 Å². The Morgan fingerprint density at radius 3 is 3.10 bits per heavy atom. The molecule has 7 heteroatoms. The van der Waals surface area contributed by atoms with Crippen molar-refractivity contribution in [2.75, 3.05) is 37.0 Å². The van der Waals surface area contributed by atoms with Crippen molar-refractivity contribution in [2.24, 2.45) is 0 Å². The number of hydrogen-bond acceptors (Lipinski definition) is 6. The molecule has 114 valence electrons. The van der Waals surface area contributed by atoms with Gasteiger partial charge in [-0.2, -0.15) is 9.97 Å². The van der Waals surface area contributed by atoms with Crippen LogP contribution in [0.3, 0.4) is 0 Å². The SMILES string of the molecule is CCNc1nc(N(C)CC2CCCCO2)c2[nH]cnc2n1. The number of aromatic nitrogens is 4. The van der Waals surface area contributed by atoms with Crippen molar-refractivity contribution in [3.05, 3.63) is 6.33 Å². The Hall–Kier alpha value is -1.89. The predicted molar refractivity (Wildman–Crippen MR) is 82.7 cm³/mol. The zero-order valence-corrected chi connectivity index (χ0v) is 12.6. The van der Waals surface area contributed by atoms with Crippen molar-refractivity contribution in [1.82, 2.24) is 19.9 Å². The van der Waals surface area contributed by atoms with Gasteiger partial charge >= 0.3 is 0 Å². The molecule has 1 unspecified atom stereocenters. The van der Waals surface area contributed by atoms with Gasteiger partial charge in [-0.3, -0.25) is 0 Å². The lowest BCUT2D eigenvalue weighted by molar-refractivity contribution is 0.0215. The van der Waals surface area contributed by atoms with E-state index >= 15 is 0 Å². The average molecular weight is 290 g/mol. The number of H-pyrrole nitrogens is 1. The van der Waals surface area contributed by atoms with Gasteiger partial charge in [-0.15, -0.1) is 0 Å². The Balaban J connectivity index is 1.84. The van der Waals surface area contributed by atoms with E-state index in [-0.39, 0.29) is 6.10 Å². The van der Waals surface area contributed by atoms with Gasteiger partial charge in [-0.05, 0) is 26.2 Å². The molecule has 0 radical (unpaired) electrons. The highest BCUT2D eigenvalue weighted by Crippen LogP contribution is 2.23. The number of nitrogens with one attached hydrogen (secondary N) is 2. The van der Waals surface area contributed by atoms with Crippen LogP contribution in [0.25, 0.3) is 11.2 Å². The minimum Gasteiger partial charge on any atom is -0.376 e. The van der Waals surface area contributed by atoms with Crippen molar-refractivity contribution >= 4 is 22.9 Å². The van der Waals surface area contributed by atoms with Crippen molar-refractivity contribution in [3.8, 4) is 0 Å². The first-order chi connectivity index (χ1) is 10.3. The van der Waals surface area contributed by atoms with E-state index in [0.717, 1.165) is 37.5 Å². The molecule has 2 N–H and O–H groups in total. The molecule has 3 rings (SSSR count). The third-order valence-corrected chi connectivity index (χ3v) is 3.71. The van der Waals surface area contributed by atoms with Crippen LogP contribution < -0.4 is 10.2 Å². The van der Waals surface area contributed by atoms with Crippen LogP contribution in [0.5, 0.6) is 0 Å². The summed E-state index contributed by atoms with van der Waals surface area (Å²) in [5.41, 5.74) is 1.56. The summed E-state index contributed by atoms with van der Waals surface area (Å²) in [5.74, 6) is 1.48. The summed E-state index contributed by atoms with van der Waals surface area (Å²) in [7, 11) is 2.04. The zero-order chi connectivity index (χ0) is 14.7. The molecule has 0 saturated carbocycles. The molecule has 1 fully saturated rings. The van der Waals surface area contributed by atoms with Gasteiger partial charge in [0.15, 0.2) is 11.5 Å².